The highest BCUT2D eigenvalue weighted by atomic mass is 16.6. The van der Waals surface area contributed by atoms with Gasteiger partial charge in [0.2, 0.25) is 0 Å². The van der Waals surface area contributed by atoms with E-state index in [1.165, 1.54) is 0 Å². The molecule has 3 atom stereocenters. The molecular formula is C23H26N2O4. The third-order valence-corrected chi connectivity index (χ3v) is 6.79. The van der Waals surface area contributed by atoms with E-state index in [-0.39, 0.29) is 29.3 Å². The summed E-state index contributed by atoms with van der Waals surface area (Å²) in [6.07, 6.45) is 0.0819. The lowest BCUT2D eigenvalue weighted by atomic mass is 9.85. The first-order valence-corrected chi connectivity index (χ1v) is 10.4. The van der Waals surface area contributed by atoms with Gasteiger partial charge in [0.25, 0.3) is 0 Å². The first-order valence-electron chi connectivity index (χ1n) is 10.4. The molecule has 3 saturated heterocycles. The average Bonchev–Trinajstić information content (AvgIpc) is 2.74. The smallest absolute Gasteiger partial charge is 0.411 e. The normalized spacial score (nSPS) is 33.2. The number of amides is 1. The first kappa shape index (κ1) is 18.6. The van der Waals surface area contributed by atoms with Gasteiger partial charge in [0.1, 0.15) is 6.54 Å². The second kappa shape index (κ2) is 7.13. The van der Waals surface area contributed by atoms with Crippen LogP contribution in [0.25, 0.3) is 0 Å². The number of piperidine rings is 3. The van der Waals surface area contributed by atoms with Crippen molar-refractivity contribution in [3.63, 3.8) is 0 Å². The number of aliphatic hydroxyl groups excluding tert-OH is 1. The van der Waals surface area contributed by atoms with Crippen LogP contribution in [0.2, 0.25) is 0 Å². The summed E-state index contributed by atoms with van der Waals surface area (Å²) in [7, 11) is 0. The van der Waals surface area contributed by atoms with Gasteiger partial charge < -0.3 is 19.7 Å². The number of aliphatic hydroxyl groups is 1. The number of rotatable bonds is 2. The van der Waals surface area contributed by atoms with Crippen LogP contribution in [0, 0.1) is 11.1 Å². The molecule has 2 bridgehead atoms. The Morgan fingerprint density at radius 3 is 2.38 bits per heavy atom. The lowest BCUT2D eigenvalue weighted by molar-refractivity contribution is -0.900. The number of benzene rings is 2. The molecular weight excluding hydrogens is 368 g/mol. The fraction of sp³-hybridized carbons (Fsp3) is 0.435. The second-order valence-electron chi connectivity index (χ2n) is 8.56. The highest BCUT2D eigenvalue weighted by Crippen LogP contribution is 2.40. The maximum atomic E-state index is 13.3. The van der Waals surface area contributed by atoms with Crippen molar-refractivity contribution in [3.05, 3.63) is 76.5 Å². The molecule has 0 saturated carbocycles. The highest BCUT2D eigenvalue weighted by molar-refractivity contribution is 5.70. The van der Waals surface area contributed by atoms with E-state index >= 15 is 0 Å². The molecule has 6 heteroatoms. The van der Waals surface area contributed by atoms with Crippen LogP contribution in [0.4, 0.5) is 4.79 Å². The number of carbonyl (C=O) groups is 1. The SMILES string of the molecule is O=C(O[C@H]1C[N+]2([O-])CCC1CC2)N1CC(O)c2ccccc2C1c1ccccc1. The number of hydrogen-bond acceptors (Lipinski definition) is 4. The quantitative estimate of drug-likeness (QED) is 0.626. The van der Waals surface area contributed by atoms with Crippen LogP contribution in [-0.2, 0) is 4.74 Å². The van der Waals surface area contributed by atoms with E-state index in [0.29, 0.717) is 19.6 Å². The predicted molar refractivity (Wildman–Crippen MR) is 108 cm³/mol. The van der Waals surface area contributed by atoms with E-state index in [0.717, 1.165) is 29.5 Å². The van der Waals surface area contributed by atoms with Gasteiger partial charge in [-0.1, -0.05) is 54.6 Å². The van der Waals surface area contributed by atoms with E-state index in [4.69, 9.17) is 4.74 Å². The molecule has 0 aliphatic carbocycles. The minimum atomic E-state index is -0.761. The van der Waals surface area contributed by atoms with Gasteiger partial charge in [-0.25, -0.2) is 4.79 Å². The van der Waals surface area contributed by atoms with Crippen molar-refractivity contribution in [1.82, 2.24) is 4.90 Å². The molecule has 4 aliphatic heterocycles. The molecule has 4 heterocycles. The van der Waals surface area contributed by atoms with Gasteiger partial charge in [-0.3, -0.25) is 4.90 Å². The minimum absolute atomic E-state index is 0.171. The average molecular weight is 394 g/mol. The summed E-state index contributed by atoms with van der Waals surface area (Å²) in [4.78, 5) is 14.9. The molecule has 1 amide bonds. The van der Waals surface area contributed by atoms with Crippen molar-refractivity contribution in [2.75, 3.05) is 26.2 Å². The lowest BCUT2D eigenvalue weighted by Crippen LogP contribution is -2.61. The summed E-state index contributed by atoms with van der Waals surface area (Å²) >= 11 is 0. The molecule has 1 N–H and O–H groups in total. The van der Waals surface area contributed by atoms with E-state index in [1.807, 2.05) is 54.6 Å². The molecule has 2 aromatic carbocycles. The Labute approximate surface area is 170 Å². The lowest BCUT2D eigenvalue weighted by Gasteiger charge is -2.55. The largest absolute Gasteiger partial charge is 0.633 e. The van der Waals surface area contributed by atoms with Gasteiger partial charge in [0, 0.05) is 18.8 Å². The van der Waals surface area contributed by atoms with Crippen LogP contribution in [0.5, 0.6) is 0 Å². The first-order chi connectivity index (χ1) is 14.0. The highest BCUT2D eigenvalue weighted by Gasteiger charge is 2.45. The van der Waals surface area contributed by atoms with E-state index in [9.17, 15) is 15.1 Å². The summed E-state index contributed by atoms with van der Waals surface area (Å²) in [5.41, 5.74) is 2.73. The van der Waals surface area contributed by atoms with Gasteiger partial charge in [0.15, 0.2) is 6.10 Å². The zero-order valence-electron chi connectivity index (χ0n) is 16.3. The van der Waals surface area contributed by atoms with Crippen molar-refractivity contribution >= 4 is 6.09 Å². The molecule has 29 heavy (non-hydrogen) atoms. The molecule has 6 nitrogen and oxygen atoms in total. The molecule has 3 fully saturated rings. The van der Waals surface area contributed by atoms with E-state index in [1.54, 1.807) is 4.90 Å². The zero-order chi connectivity index (χ0) is 20.0. The Morgan fingerprint density at radius 1 is 1.03 bits per heavy atom. The van der Waals surface area contributed by atoms with Gasteiger partial charge in [-0.2, -0.15) is 0 Å². The van der Waals surface area contributed by atoms with E-state index < -0.39 is 12.2 Å². The Hall–Kier alpha value is -2.41. The molecule has 6 rings (SSSR count). The third kappa shape index (κ3) is 3.31. The monoisotopic (exact) mass is 394 g/mol. The van der Waals surface area contributed by atoms with Crippen molar-refractivity contribution in [3.8, 4) is 0 Å². The van der Waals surface area contributed by atoms with Crippen LogP contribution >= 0.6 is 0 Å². The van der Waals surface area contributed by atoms with Crippen LogP contribution < -0.4 is 0 Å². The summed E-state index contributed by atoms with van der Waals surface area (Å²) in [5.74, 6) is 0.269. The number of nitrogens with zero attached hydrogens (tertiary/aromatic N) is 2. The van der Waals surface area contributed by atoms with Crippen LogP contribution in [0.15, 0.2) is 54.6 Å². The predicted octanol–water partition coefficient (Wildman–Crippen LogP) is 3.37. The number of hydrogen-bond donors (Lipinski definition) is 1. The van der Waals surface area contributed by atoms with Crippen molar-refractivity contribution in [1.29, 1.82) is 0 Å². The standard InChI is InChI=1S/C23H26N2O4/c26-20-14-24(23(27)29-21-15-25(28)12-10-16(21)11-13-25)22(17-6-2-1-3-7-17)19-9-5-4-8-18(19)20/h1-9,16,20-22,26H,10-15H2/t16?,20?,21-,22?,25?/m0/s1. The Morgan fingerprint density at radius 2 is 1.69 bits per heavy atom. The number of fused-ring (bicyclic) bond motifs is 4. The molecule has 2 aromatic rings. The minimum Gasteiger partial charge on any atom is -0.633 e. The zero-order valence-corrected chi connectivity index (χ0v) is 16.3. The summed E-state index contributed by atoms with van der Waals surface area (Å²) < 4.78 is 5.66. The van der Waals surface area contributed by atoms with Gasteiger partial charge in [-0.15, -0.1) is 0 Å². The fourth-order valence-electron chi connectivity index (χ4n) is 5.22. The van der Waals surface area contributed by atoms with Gasteiger partial charge in [0.05, 0.1) is 31.8 Å². The third-order valence-electron chi connectivity index (χ3n) is 6.79. The fourth-order valence-corrected chi connectivity index (χ4v) is 5.22. The summed E-state index contributed by atoms with van der Waals surface area (Å²) in [6, 6.07) is 17.2. The summed E-state index contributed by atoms with van der Waals surface area (Å²) in [6.45, 7) is 1.77. The Balaban J connectivity index is 1.45. The van der Waals surface area contributed by atoms with Gasteiger partial charge in [-0.05, 0) is 16.7 Å². The topological polar surface area (TPSA) is 72.8 Å². The Kier molecular flexibility index (Phi) is 4.57. The molecule has 2 unspecified atom stereocenters. The molecule has 152 valence electrons. The molecule has 0 radical (unpaired) electrons. The maximum absolute atomic E-state index is 13.3. The number of ether oxygens (including phenoxy) is 1. The number of β-amino-alcohol motifs (C(OH)–C–C–N with tert-alkyl or cyclic N) is 1. The van der Waals surface area contributed by atoms with Crippen LogP contribution in [0.1, 0.15) is 41.7 Å². The van der Waals surface area contributed by atoms with Crippen LogP contribution in [0.3, 0.4) is 0 Å². The number of carbonyl (C=O) groups excluding carboxylic acids is 1. The summed E-state index contributed by atoms with van der Waals surface area (Å²) in [5, 5.41) is 23.4. The van der Waals surface area contributed by atoms with E-state index in [2.05, 4.69) is 0 Å². The maximum Gasteiger partial charge on any atom is 0.411 e. The molecule has 4 aliphatic rings. The van der Waals surface area contributed by atoms with Crippen molar-refractivity contribution < 1.29 is 19.3 Å². The second-order valence-corrected chi connectivity index (χ2v) is 8.56. The molecule has 0 aromatic heterocycles. The number of hydroxylamine groups is 3. The molecule has 0 spiro atoms. The Bertz CT molecular complexity index is 895. The van der Waals surface area contributed by atoms with Crippen molar-refractivity contribution in [2.24, 2.45) is 5.92 Å². The van der Waals surface area contributed by atoms with Crippen LogP contribution in [-0.4, -0.2) is 53.0 Å². The number of quaternary nitrogens is 1. The van der Waals surface area contributed by atoms with Crippen molar-refractivity contribution in [2.45, 2.75) is 31.1 Å². The van der Waals surface area contributed by atoms with Gasteiger partial charge >= 0.3 is 6.09 Å².